The highest BCUT2D eigenvalue weighted by atomic mass is 32.1. The van der Waals surface area contributed by atoms with Crippen LogP contribution in [-0.4, -0.2) is 81.2 Å². The number of likely N-dealkylation sites (tertiary alicyclic amines) is 1. The van der Waals surface area contributed by atoms with Gasteiger partial charge in [-0.15, -0.1) is 10.2 Å². The van der Waals surface area contributed by atoms with Crippen LogP contribution in [0.15, 0.2) is 35.3 Å². The summed E-state index contributed by atoms with van der Waals surface area (Å²) in [6, 6.07) is 6.03. The second-order valence-electron chi connectivity index (χ2n) is 9.27. The molecule has 1 N–H and O–H groups in total. The highest BCUT2D eigenvalue weighted by Gasteiger charge is 2.50. The number of amides is 2. The number of nitrogens with zero attached hydrogens (tertiary/aromatic N) is 6. The van der Waals surface area contributed by atoms with E-state index in [9.17, 15) is 23.9 Å². The molecule has 0 aliphatic carbocycles. The Kier molecular flexibility index (Phi) is 6.55. The molecular formula is C25H27FN6O5S. The van der Waals surface area contributed by atoms with Crippen molar-refractivity contribution in [2.24, 2.45) is 0 Å². The van der Waals surface area contributed by atoms with Crippen LogP contribution < -0.4 is 10.4 Å². The molecule has 0 unspecified atom stereocenters. The number of piperidine rings is 1. The summed E-state index contributed by atoms with van der Waals surface area (Å²) in [7, 11) is 3.41. The third-order valence-corrected chi connectivity index (χ3v) is 8.23. The van der Waals surface area contributed by atoms with E-state index in [0.29, 0.717) is 42.4 Å². The number of aromatic hydroxyl groups is 1. The minimum absolute atomic E-state index is 0.109. The third-order valence-electron chi connectivity index (χ3n) is 7.28. The minimum atomic E-state index is -0.791. The second-order valence-corrected chi connectivity index (χ2v) is 10.3. The summed E-state index contributed by atoms with van der Waals surface area (Å²) in [6.45, 7) is 2.77. The molecule has 4 heterocycles. The Bertz CT molecular complexity index is 1450. The van der Waals surface area contributed by atoms with Crippen LogP contribution in [0.4, 0.5) is 9.18 Å². The van der Waals surface area contributed by atoms with Gasteiger partial charge in [0, 0.05) is 52.6 Å². The number of carbonyl (C=O) groups excluding carboxylic acids is 2. The maximum absolute atomic E-state index is 13.4. The van der Waals surface area contributed by atoms with Gasteiger partial charge in [0.05, 0.1) is 12.2 Å². The molecule has 200 valence electrons. The quantitative estimate of drug-likeness (QED) is 0.534. The largest absolute Gasteiger partial charge is 0.502 e. The monoisotopic (exact) mass is 542 g/mol. The van der Waals surface area contributed by atoms with E-state index in [4.69, 9.17) is 4.74 Å². The summed E-state index contributed by atoms with van der Waals surface area (Å²) in [5, 5.41) is 21.9. The molecule has 13 heteroatoms. The van der Waals surface area contributed by atoms with E-state index in [1.807, 2.05) is 5.01 Å². The van der Waals surface area contributed by atoms with Crippen molar-refractivity contribution in [2.45, 2.75) is 31.8 Å². The molecule has 0 bridgehead atoms. The number of fused-ring (bicyclic) bond motifs is 1. The van der Waals surface area contributed by atoms with Crippen molar-refractivity contribution in [3.05, 3.63) is 62.8 Å². The number of benzene rings is 1. The standard InChI is InChI=1S/C25H27FN6O5S/c1-4-37-24(36)31-11-9-25(10-12-31)29(2)23(35)19-21(34)20(33)17(14-32(19)30(25)3)22-28-27-18(38-22)13-15-5-7-16(26)8-6-15/h5-8,14,34H,4,9-13H2,1-3H3. The maximum atomic E-state index is 13.4. The number of carbonyl (C=O) groups is 2. The molecule has 2 aliphatic rings. The van der Waals surface area contributed by atoms with Crippen molar-refractivity contribution >= 4 is 23.3 Å². The van der Waals surface area contributed by atoms with Gasteiger partial charge in [-0.1, -0.05) is 23.5 Å². The normalized spacial score (nSPS) is 16.6. The van der Waals surface area contributed by atoms with Gasteiger partial charge >= 0.3 is 6.09 Å². The number of pyridine rings is 1. The molecule has 0 saturated carbocycles. The summed E-state index contributed by atoms with van der Waals surface area (Å²) >= 11 is 1.18. The van der Waals surface area contributed by atoms with Crippen molar-refractivity contribution in [1.82, 2.24) is 24.7 Å². The number of ether oxygens (including phenoxy) is 1. The number of aromatic nitrogens is 3. The molecule has 0 atom stereocenters. The topological polar surface area (TPSA) is 121 Å². The van der Waals surface area contributed by atoms with Crippen molar-refractivity contribution in [2.75, 3.05) is 38.8 Å². The van der Waals surface area contributed by atoms with Crippen LogP contribution in [0, 0.1) is 5.82 Å². The molecule has 11 nitrogen and oxygen atoms in total. The molecule has 1 spiro atoms. The first-order valence-electron chi connectivity index (χ1n) is 12.2. The van der Waals surface area contributed by atoms with Crippen LogP contribution >= 0.6 is 11.3 Å². The van der Waals surface area contributed by atoms with Crippen LogP contribution in [-0.2, 0) is 11.2 Å². The van der Waals surface area contributed by atoms with Gasteiger partial charge in [-0.3, -0.25) is 19.3 Å². The lowest BCUT2D eigenvalue weighted by Crippen LogP contribution is -2.71. The second kappa shape index (κ2) is 9.71. The molecule has 2 aliphatic heterocycles. The Balaban J connectivity index is 1.48. The highest BCUT2D eigenvalue weighted by molar-refractivity contribution is 7.14. The SMILES string of the molecule is CCOC(=O)N1CCC2(CC1)N(C)C(=O)c1c(O)c(=O)c(-c3nnc(Cc4ccc(F)cc4)s3)cn1N2C. The van der Waals surface area contributed by atoms with Gasteiger partial charge in [0.1, 0.15) is 16.5 Å². The molecular weight excluding hydrogens is 515 g/mol. The first-order valence-corrected chi connectivity index (χ1v) is 13.0. The van der Waals surface area contributed by atoms with Crippen molar-refractivity contribution in [3.8, 4) is 16.3 Å². The molecule has 1 aromatic carbocycles. The fourth-order valence-electron chi connectivity index (χ4n) is 5.07. The zero-order valence-corrected chi connectivity index (χ0v) is 22.0. The van der Waals surface area contributed by atoms with Crippen LogP contribution in [0.25, 0.3) is 10.6 Å². The van der Waals surface area contributed by atoms with Crippen LogP contribution in [0.2, 0.25) is 0 Å². The Morgan fingerprint density at radius 1 is 1.16 bits per heavy atom. The fourth-order valence-corrected chi connectivity index (χ4v) is 5.96. The van der Waals surface area contributed by atoms with Crippen LogP contribution in [0.1, 0.15) is 40.8 Å². The molecule has 0 radical (unpaired) electrons. The first kappa shape index (κ1) is 25.6. The number of rotatable bonds is 4. The van der Waals surface area contributed by atoms with Gasteiger partial charge in [0.2, 0.25) is 5.43 Å². The lowest BCUT2D eigenvalue weighted by atomic mass is 9.93. The summed E-state index contributed by atoms with van der Waals surface area (Å²) in [4.78, 5) is 41.9. The van der Waals surface area contributed by atoms with Crippen molar-refractivity contribution in [3.63, 3.8) is 0 Å². The smallest absolute Gasteiger partial charge is 0.409 e. The predicted molar refractivity (Wildman–Crippen MR) is 137 cm³/mol. The zero-order valence-electron chi connectivity index (χ0n) is 21.2. The van der Waals surface area contributed by atoms with E-state index in [0.717, 1.165) is 5.56 Å². The molecule has 1 saturated heterocycles. The fraction of sp³-hybridized carbons (Fsp3) is 0.400. The highest BCUT2D eigenvalue weighted by Crippen LogP contribution is 2.37. The Labute approximate surface area is 221 Å². The number of hydrogen-bond donors (Lipinski definition) is 1. The van der Waals surface area contributed by atoms with Crippen molar-refractivity contribution in [1.29, 1.82) is 0 Å². The zero-order chi connectivity index (χ0) is 27.2. The van der Waals surface area contributed by atoms with Crippen LogP contribution in [0.5, 0.6) is 5.75 Å². The summed E-state index contributed by atoms with van der Waals surface area (Å²) in [5.74, 6) is -1.50. The lowest BCUT2D eigenvalue weighted by Gasteiger charge is -2.55. The minimum Gasteiger partial charge on any atom is -0.502 e. The average Bonchev–Trinajstić information content (AvgIpc) is 3.37. The third kappa shape index (κ3) is 4.16. The molecule has 38 heavy (non-hydrogen) atoms. The summed E-state index contributed by atoms with van der Waals surface area (Å²) in [5.41, 5.74) is -0.705. The molecule has 2 amide bonds. The van der Waals surface area contributed by atoms with Crippen molar-refractivity contribution < 1.29 is 23.8 Å². The van der Waals surface area contributed by atoms with Gasteiger partial charge in [0.15, 0.2) is 16.5 Å². The molecule has 5 rings (SSSR count). The van der Waals surface area contributed by atoms with Gasteiger partial charge in [-0.05, 0) is 24.6 Å². The Morgan fingerprint density at radius 3 is 2.50 bits per heavy atom. The molecule has 2 aromatic heterocycles. The molecule has 1 fully saturated rings. The van der Waals surface area contributed by atoms with E-state index in [-0.39, 0.29) is 23.7 Å². The van der Waals surface area contributed by atoms with Gasteiger partial charge in [-0.25, -0.2) is 9.18 Å². The Hall–Kier alpha value is -4.00. The summed E-state index contributed by atoms with van der Waals surface area (Å²) < 4.78 is 19.8. The van der Waals surface area contributed by atoms with Gasteiger partial charge in [0.25, 0.3) is 5.91 Å². The van der Waals surface area contributed by atoms with Crippen LogP contribution in [0.3, 0.4) is 0 Å². The van der Waals surface area contributed by atoms with Gasteiger partial charge in [-0.2, -0.15) is 0 Å². The number of hydrogen-bond acceptors (Lipinski definition) is 9. The summed E-state index contributed by atoms with van der Waals surface area (Å²) in [6.07, 6.45) is 2.38. The predicted octanol–water partition coefficient (Wildman–Crippen LogP) is 2.40. The number of halogens is 1. The average molecular weight is 543 g/mol. The maximum Gasteiger partial charge on any atom is 0.409 e. The lowest BCUT2D eigenvalue weighted by molar-refractivity contribution is 0.00800. The van der Waals surface area contributed by atoms with E-state index in [1.54, 1.807) is 38.1 Å². The van der Waals surface area contributed by atoms with Gasteiger partial charge < -0.3 is 19.6 Å². The Morgan fingerprint density at radius 2 is 1.84 bits per heavy atom. The first-order chi connectivity index (χ1) is 18.2. The van der Waals surface area contributed by atoms with E-state index >= 15 is 0 Å². The van der Waals surface area contributed by atoms with E-state index < -0.39 is 28.8 Å². The van der Waals surface area contributed by atoms with E-state index in [2.05, 4.69) is 10.2 Å². The van der Waals surface area contributed by atoms with E-state index in [1.165, 1.54) is 39.2 Å². The molecule has 3 aromatic rings.